The zero-order valence-electron chi connectivity index (χ0n) is 15.0. The van der Waals surface area contributed by atoms with Crippen LogP contribution in [0.4, 0.5) is 11.4 Å². The average Bonchev–Trinajstić information content (AvgIpc) is 2.87. The standard InChI is InChI=1S/C21H20ClN3O/c1-14-11-17(15(2)25(14)21-6-4-5-18(22)12-21)13-23-19-7-9-20(10-8-19)24-16(3)26/h4-13H,1-3H3,(H,24,26). The highest BCUT2D eigenvalue weighted by molar-refractivity contribution is 6.30. The van der Waals surface area contributed by atoms with Crippen LogP contribution in [-0.4, -0.2) is 16.7 Å². The lowest BCUT2D eigenvalue weighted by Gasteiger charge is -2.09. The smallest absolute Gasteiger partial charge is 0.221 e. The number of aromatic nitrogens is 1. The summed E-state index contributed by atoms with van der Waals surface area (Å²) in [5.41, 5.74) is 5.89. The zero-order valence-corrected chi connectivity index (χ0v) is 15.7. The molecule has 26 heavy (non-hydrogen) atoms. The molecule has 0 aliphatic rings. The van der Waals surface area contributed by atoms with Gasteiger partial charge >= 0.3 is 0 Å². The van der Waals surface area contributed by atoms with E-state index >= 15 is 0 Å². The van der Waals surface area contributed by atoms with E-state index in [1.807, 2.05) is 54.7 Å². The van der Waals surface area contributed by atoms with E-state index in [0.29, 0.717) is 5.02 Å². The van der Waals surface area contributed by atoms with Crippen molar-refractivity contribution in [3.63, 3.8) is 0 Å². The third-order valence-corrected chi connectivity index (χ3v) is 4.31. The second kappa shape index (κ2) is 7.58. The van der Waals surface area contributed by atoms with E-state index in [1.54, 1.807) is 0 Å². The van der Waals surface area contributed by atoms with Gasteiger partial charge in [-0.3, -0.25) is 9.79 Å². The molecule has 3 rings (SSSR count). The summed E-state index contributed by atoms with van der Waals surface area (Å²) >= 11 is 6.13. The topological polar surface area (TPSA) is 46.4 Å². The van der Waals surface area contributed by atoms with Crippen LogP contribution in [0.25, 0.3) is 5.69 Å². The lowest BCUT2D eigenvalue weighted by Crippen LogP contribution is -2.04. The van der Waals surface area contributed by atoms with Crippen molar-refractivity contribution in [2.45, 2.75) is 20.8 Å². The third-order valence-electron chi connectivity index (χ3n) is 4.08. The fraction of sp³-hybridized carbons (Fsp3) is 0.143. The molecule has 1 N–H and O–H groups in total. The number of nitrogens with zero attached hydrogens (tertiary/aromatic N) is 2. The van der Waals surface area contributed by atoms with Crippen molar-refractivity contribution < 1.29 is 4.79 Å². The van der Waals surface area contributed by atoms with E-state index in [-0.39, 0.29) is 5.91 Å². The first-order valence-corrected chi connectivity index (χ1v) is 8.68. The number of aryl methyl sites for hydroxylation is 1. The summed E-state index contributed by atoms with van der Waals surface area (Å²) < 4.78 is 2.16. The Morgan fingerprint density at radius 2 is 1.85 bits per heavy atom. The van der Waals surface area contributed by atoms with Gasteiger partial charge in [0.05, 0.1) is 5.69 Å². The average molecular weight is 366 g/mol. The molecule has 4 nitrogen and oxygen atoms in total. The molecule has 5 heteroatoms. The van der Waals surface area contributed by atoms with E-state index in [9.17, 15) is 4.79 Å². The summed E-state index contributed by atoms with van der Waals surface area (Å²) in [6.45, 7) is 5.62. The molecule has 0 aliphatic heterocycles. The molecule has 0 fully saturated rings. The van der Waals surface area contributed by atoms with Crippen LogP contribution in [-0.2, 0) is 4.79 Å². The largest absolute Gasteiger partial charge is 0.326 e. The molecule has 132 valence electrons. The second-order valence-corrected chi connectivity index (χ2v) is 6.56. The maximum Gasteiger partial charge on any atom is 0.221 e. The number of anilines is 1. The van der Waals surface area contributed by atoms with Gasteiger partial charge in [0.15, 0.2) is 0 Å². The van der Waals surface area contributed by atoms with Crippen molar-refractivity contribution in [1.29, 1.82) is 0 Å². The Hall–Kier alpha value is -2.85. The van der Waals surface area contributed by atoms with Gasteiger partial charge in [-0.15, -0.1) is 0 Å². The van der Waals surface area contributed by atoms with E-state index in [4.69, 9.17) is 11.6 Å². The molecule has 0 saturated carbocycles. The van der Waals surface area contributed by atoms with Gasteiger partial charge in [0, 0.05) is 46.5 Å². The summed E-state index contributed by atoms with van der Waals surface area (Å²) in [5.74, 6) is -0.0882. The van der Waals surface area contributed by atoms with Crippen LogP contribution < -0.4 is 5.32 Å². The maximum absolute atomic E-state index is 11.1. The number of aliphatic imine (C=N–C) groups is 1. The number of hydrogen-bond donors (Lipinski definition) is 1. The molecule has 0 aliphatic carbocycles. The van der Waals surface area contributed by atoms with Crippen molar-refractivity contribution >= 4 is 35.1 Å². The monoisotopic (exact) mass is 365 g/mol. The Labute approximate surface area is 158 Å². The quantitative estimate of drug-likeness (QED) is 0.613. The molecule has 1 heterocycles. The van der Waals surface area contributed by atoms with Gasteiger partial charge in [-0.2, -0.15) is 0 Å². The highest BCUT2D eigenvalue weighted by Gasteiger charge is 2.09. The van der Waals surface area contributed by atoms with Crippen molar-refractivity contribution in [2.24, 2.45) is 4.99 Å². The number of carbonyl (C=O) groups is 1. The van der Waals surface area contributed by atoms with Crippen LogP contribution in [0.1, 0.15) is 23.9 Å². The maximum atomic E-state index is 11.1. The number of rotatable bonds is 4. The third kappa shape index (κ3) is 4.03. The normalized spacial score (nSPS) is 11.1. The number of benzene rings is 2. The molecule has 0 spiro atoms. The van der Waals surface area contributed by atoms with Crippen LogP contribution in [0.5, 0.6) is 0 Å². The van der Waals surface area contributed by atoms with Crippen molar-refractivity contribution in [3.8, 4) is 5.69 Å². The van der Waals surface area contributed by atoms with Crippen LogP contribution >= 0.6 is 11.6 Å². The van der Waals surface area contributed by atoms with Crippen LogP contribution in [0.2, 0.25) is 5.02 Å². The zero-order chi connectivity index (χ0) is 18.7. The predicted octanol–water partition coefficient (Wildman–Crippen LogP) is 5.46. The van der Waals surface area contributed by atoms with Gasteiger partial charge in [0.2, 0.25) is 5.91 Å². The second-order valence-electron chi connectivity index (χ2n) is 6.13. The molecule has 0 saturated heterocycles. The minimum Gasteiger partial charge on any atom is -0.326 e. The Bertz CT molecular complexity index is 971. The van der Waals surface area contributed by atoms with Gasteiger partial charge in [-0.25, -0.2) is 0 Å². The van der Waals surface area contributed by atoms with E-state index in [1.165, 1.54) is 6.92 Å². The predicted molar refractivity (Wildman–Crippen MR) is 108 cm³/mol. The van der Waals surface area contributed by atoms with Crippen molar-refractivity contribution in [2.75, 3.05) is 5.32 Å². The van der Waals surface area contributed by atoms with E-state index < -0.39 is 0 Å². The highest BCUT2D eigenvalue weighted by atomic mass is 35.5. The lowest BCUT2D eigenvalue weighted by atomic mass is 10.2. The molecule has 0 atom stereocenters. The number of amides is 1. The van der Waals surface area contributed by atoms with Crippen LogP contribution in [0.15, 0.2) is 59.6 Å². The number of carbonyl (C=O) groups excluding carboxylic acids is 1. The molecular weight excluding hydrogens is 346 g/mol. The molecule has 0 bridgehead atoms. The Balaban J connectivity index is 1.85. The molecule has 3 aromatic rings. The molecule has 0 radical (unpaired) electrons. The van der Waals surface area contributed by atoms with Crippen molar-refractivity contribution in [3.05, 3.63) is 76.6 Å². The highest BCUT2D eigenvalue weighted by Crippen LogP contribution is 2.23. The van der Waals surface area contributed by atoms with Crippen LogP contribution in [0.3, 0.4) is 0 Å². The molecule has 0 unspecified atom stereocenters. The Morgan fingerprint density at radius 3 is 2.50 bits per heavy atom. The van der Waals surface area contributed by atoms with Gasteiger partial charge in [-0.05, 0) is 62.4 Å². The lowest BCUT2D eigenvalue weighted by molar-refractivity contribution is -0.114. The van der Waals surface area contributed by atoms with E-state index in [0.717, 1.165) is 34.0 Å². The fourth-order valence-corrected chi connectivity index (χ4v) is 3.09. The van der Waals surface area contributed by atoms with Crippen LogP contribution in [0, 0.1) is 13.8 Å². The molecule has 1 aromatic heterocycles. The number of hydrogen-bond acceptors (Lipinski definition) is 2. The minimum absolute atomic E-state index is 0.0882. The van der Waals surface area contributed by atoms with Crippen molar-refractivity contribution in [1.82, 2.24) is 4.57 Å². The minimum atomic E-state index is -0.0882. The first-order chi connectivity index (χ1) is 12.4. The summed E-state index contributed by atoms with van der Waals surface area (Å²) in [6, 6.07) is 17.3. The summed E-state index contributed by atoms with van der Waals surface area (Å²) in [5, 5.41) is 3.46. The summed E-state index contributed by atoms with van der Waals surface area (Å²) in [6.07, 6.45) is 1.86. The molecule has 2 aromatic carbocycles. The first kappa shape index (κ1) is 18.0. The number of halogens is 1. The first-order valence-electron chi connectivity index (χ1n) is 8.30. The summed E-state index contributed by atoms with van der Waals surface area (Å²) in [7, 11) is 0. The van der Waals surface area contributed by atoms with Gasteiger partial charge < -0.3 is 9.88 Å². The van der Waals surface area contributed by atoms with Gasteiger partial charge in [0.25, 0.3) is 0 Å². The number of nitrogens with one attached hydrogen (secondary N) is 1. The molecular formula is C21H20ClN3O. The van der Waals surface area contributed by atoms with Gasteiger partial charge in [-0.1, -0.05) is 17.7 Å². The van der Waals surface area contributed by atoms with E-state index in [2.05, 4.69) is 34.8 Å². The SMILES string of the molecule is CC(=O)Nc1ccc(N=Cc2cc(C)n(-c3cccc(Cl)c3)c2C)cc1. The fourth-order valence-electron chi connectivity index (χ4n) is 2.91. The van der Waals surface area contributed by atoms with Gasteiger partial charge in [0.1, 0.15) is 0 Å². The Kier molecular flexibility index (Phi) is 5.24. The Morgan fingerprint density at radius 1 is 1.12 bits per heavy atom. The summed E-state index contributed by atoms with van der Waals surface area (Å²) in [4.78, 5) is 15.6. The molecule has 1 amide bonds.